The van der Waals surface area contributed by atoms with E-state index in [0.29, 0.717) is 0 Å². The standard InChI is InChI=1S/C24H15BrClN/c25-18-12-17(13-19(26)15-18)16-10-11-24-22(14-16)21-8-4-5-9-23(21)27(24)20-6-2-1-3-7-20/h1-15H. The van der Waals surface area contributed by atoms with Crippen LogP contribution in [0.5, 0.6) is 0 Å². The van der Waals surface area contributed by atoms with E-state index in [1.54, 1.807) is 0 Å². The smallest absolute Gasteiger partial charge is 0.0541 e. The van der Waals surface area contributed by atoms with Crippen LogP contribution in [0.4, 0.5) is 0 Å². The van der Waals surface area contributed by atoms with Gasteiger partial charge < -0.3 is 4.57 Å². The number of hydrogen-bond acceptors (Lipinski definition) is 0. The fraction of sp³-hybridized carbons (Fsp3) is 0. The highest BCUT2D eigenvalue weighted by atomic mass is 79.9. The number of hydrogen-bond donors (Lipinski definition) is 0. The van der Waals surface area contributed by atoms with E-state index in [1.165, 1.54) is 27.5 Å². The first-order valence-corrected chi connectivity index (χ1v) is 9.93. The normalized spacial score (nSPS) is 11.3. The minimum Gasteiger partial charge on any atom is -0.309 e. The maximum absolute atomic E-state index is 6.26. The zero-order chi connectivity index (χ0) is 18.4. The van der Waals surface area contributed by atoms with E-state index in [0.717, 1.165) is 20.6 Å². The molecule has 3 heteroatoms. The Labute approximate surface area is 170 Å². The molecule has 1 nitrogen and oxygen atoms in total. The van der Waals surface area contributed by atoms with Gasteiger partial charge in [0.25, 0.3) is 0 Å². The van der Waals surface area contributed by atoms with Crippen LogP contribution >= 0.6 is 27.5 Å². The lowest BCUT2D eigenvalue weighted by Crippen LogP contribution is -1.92. The van der Waals surface area contributed by atoms with Gasteiger partial charge in [0, 0.05) is 26.0 Å². The van der Waals surface area contributed by atoms with Crippen LogP contribution in [0.1, 0.15) is 0 Å². The highest BCUT2D eigenvalue weighted by Crippen LogP contribution is 2.35. The molecule has 0 aliphatic rings. The molecule has 130 valence electrons. The summed E-state index contributed by atoms with van der Waals surface area (Å²) in [4.78, 5) is 0. The number of benzene rings is 4. The van der Waals surface area contributed by atoms with Gasteiger partial charge in [-0.2, -0.15) is 0 Å². The van der Waals surface area contributed by atoms with Crippen molar-refractivity contribution in [2.45, 2.75) is 0 Å². The summed E-state index contributed by atoms with van der Waals surface area (Å²) < 4.78 is 3.30. The SMILES string of the molecule is Clc1cc(Br)cc(-c2ccc3c(c2)c2ccccc2n3-c2ccccc2)c1. The molecule has 5 rings (SSSR count). The first-order chi connectivity index (χ1) is 13.2. The highest BCUT2D eigenvalue weighted by molar-refractivity contribution is 9.10. The summed E-state index contributed by atoms with van der Waals surface area (Å²) in [6.07, 6.45) is 0. The Kier molecular flexibility index (Phi) is 4.04. The van der Waals surface area contributed by atoms with Gasteiger partial charge in [-0.15, -0.1) is 0 Å². The van der Waals surface area contributed by atoms with Crippen LogP contribution in [0.15, 0.2) is 95.5 Å². The molecule has 0 fully saturated rings. The molecule has 0 aliphatic carbocycles. The molecule has 0 radical (unpaired) electrons. The molecule has 0 saturated heterocycles. The fourth-order valence-corrected chi connectivity index (χ4v) is 4.59. The zero-order valence-corrected chi connectivity index (χ0v) is 16.7. The lowest BCUT2D eigenvalue weighted by molar-refractivity contribution is 1.18. The second-order valence-corrected chi connectivity index (χ2v) is 7.93. The van der Waals surface area contributed by atoms with Crippen LogP contribution in [0.2, 0.25) is 5.02 Å². The minimum atomic E-state index is 0.728. The summed E-state index contributed by atoms with van der Waals surface area (Å²) in [5.41, 5.74) is 5.84. The molecule has 1 heterocycles. The molecule has 5 aromatic rings. The zero-order valence-electron chi connectivity index (χ0n) is 14.4. The average Bonchev–Trinajstić information content (AvgIpc) is 3.01. The summed E-state index contributed by atoms with van der Waals surface area (Å²) >= 11 is 9.81. The van der Waals surface area contributed by atoms with E-state index in [9.17, 15) is 0 Å². The summed E-state index contributed by atoms with van der Waals surface area (Å²) in [6, 6.07) is 31.7. The summed E-state index contributed by atoms with van der Waals surface area (Å²) in [6.45, 7) is 0. The van der Waals surface area contributed by atoms with Crippen molar-refractivity contribution in [2.24, 2.45) is 0 Å². The van der Waals surface area contributed by atoms with Crippen molar-refractivity contribution in [2.75, 3.05) is 0 Å². The van der Waals surface area contributed by atoms with Gasteiger partial charge in [0.1, 0.15) is 0 Å². The lowest BCUT2D eigenvalue weighted by Gasteiger charge is -2.08. The monoisotopic (exact) mass is 431 g/mol. The van der Waals surface area contributed by atoms with Crippen molar-refractivity contribution in [1.29, 1.82) is 0 Å². The van der Waals surface area contributed by atoms with Gasteiger partial charge in [0.15, 0.2) is 0 Å². The third kappa shape index (κ3) is 2.86. The van der Waals surface area contributed by atoms with Gasteiger partial charge in [-0.1, -0.05) is 70.0 Å². The Morgan fingerprint density at radius 3 is 2.19 bits per heavy atom. The van der Waals surface area contributed by atoms with E-state index >= 15 is 0 Å². The largest absolute Gasteiger partial charge is 0.309 e. The van der Waals surface area contributed by atoms with Crippen molar-refractivity contribution >= 4 is 49.3 Å². The number of nitrogens with zero attached hydrogens (tertiary/aromatic N) is 1. The van der Waals surface area contributed by atoms with E-state index < -0.39 is 0 Å². The van der Waals surface area contributed by atoms with Crippen LogP contribution < -0.4 is 0 Å². The summed E-state index contributed by atoms with van der Waals surface area (Å²) in [5.74, 6) is 0. The van der Waals surface area contributed by atoms with Crippen LogP contribution in [0, 0.1) is 0 Å². The second kappa shape index (κ2) is 6.56. The van der Waals surface area contributed by atoms with E-state index in [-0.39, 0.29) is 0 Å². The number of fused-ring (bicyclic) bond motifs is 3. The number of halogens is 2. The maximum atomic E-state index is 6.26. The summed E-state index contributed by atoms with van der Waals surface area (Å²) in [5, 5.41) is 3.22. The van der Waals surface area contributed by atoms with Gasteiger partial charge in [-0.3, -0.25) is 0 Å². The molecule has 0 saturated carbocycles. The molecule has 0 atom stereocenters. The molecule has 0 unspecified atom stereocenters. The topological polar surface area (TPSA) is 4.93 Å². The molecule has 0 N–H and O–H groups in total. The number of rotatable bonds is 2. The lowest BCUT2D eigenvalue weighted by atomic mass is 10.0. The molecular weight excluding hydrogens is 418 g/mol. The van der Waals surface area contributed by atoms with E-state index in [4.69, 9.17) is 11.6 Å². The third-order valence-corrected chi connectivity index (χ3v) is 5.56. The Morgan fingerprint density at radius 2 is 1.37 bits per heavy atom. The van der Waals surface area contributed by atoms with Crippen molar-refractivity contribution in [1.82, 2.24) is 4.57 Å². The molecule has 0 spiro atoms. The van der Waals surface area contributed by atoms with Crippen molar-refractivity contribution in [3.63, 3.8) is 0 Å². The van der Waals surface area contributed by atoms with Gasteiger partial charge in [-0.25, -0.2) is 0 Å². The highest BCUT2D eigenvalue weighted by Gasteiger charge is 2.13. The van der Waals surface area contributed by atoms with Gasteiger partial charge >= 0.3 is 0 Å². The quantitative estimate of drug-likeness (QED) is 0.267. The second-order valence-electron chi connectivity index (χ2n) is 6.58. The fourth-order valence-electron chi connectivity index (χ4n) is 3.73. The van der Waals surface area contributed by atoms with Crippen LogP contribution in [-0.4, -0.2) is 4.57 Å². The predicted octanol–water partition coefficient (Wildman–Crippen LogP) is 7.87. The minimum absolute atomic E-state index is 0.728. The first kappa shape index (κ1) is 16.6. The van der Waals surface area contributed by atoms with Crippen LogP contribution in [0.25, 0.3) is 38.6 Å². The Morgan fingerprint density at radius 1 is 0.630 bits per heavy atom. The molecular formula is C24H15BrClN. The third-order valence-electron chi connectivity index (χ3n) is 4.88. The Balaban J connectivity index is 1.83. The Bertz CT molecular complexity index is 1270. The molecule has 0 amide bonds. The average molecular weight is 433 g/mol. The van der Waals surface area contributed by atoms with Crippen LogP contribution in [-0.2, 0) is 0 Å². The molecule has 4 aromatic carbocycles. The molecule has 27 heavy (non-hydrogen) atoms. The van der Waals surface area contributed by atoms with Crippen molar-refractivity contribution in [3.05, 3.63) is 100 Å². The van der Waals surface area contributed by atoms with E-state index in [2.05, 4.69) is 93.3 Å². The van der Waals surface area contributed by atoms with Crippen molar-refractivity contribution in [3.8, 4) is 16.8 Å². The first-order valence-electron chi connectivity index (χ1n) is 8.76. The Hall–Kier alpha value is -2.55. The van der Waals surface area contributed by atoms with Gasteiger partial charge in [0.05, 0.1) is 11.0 Å². The maximum Gasteiger partial charge on any atom is 0.0541 e. The number of aromatic nitrogens is 1. The molecule has 0 bridgehead atoms. The van der Waals surface area contributed by atoms with E-state index in [1.807, 2.05) is 18.2 Å². The molecule has 0 aliphatic heterocycles. The van der Waals surface area contributed by atoms with Crippen molar-refractivity contribution < 1.29 is 0 Å². The van der Waals surface area contributed by atoms with Crippen LogP contribution in [0.3, 0.4) is 0 Å². The van der Waals surface area contributed by atoms with Gasteiger partial charge in [-0.05, 0) is 59.7 Å². The predicted molar refractivity (Wildman–Crippen MR) is 119 cm³/mol. The number of para-hydroxylation sites is 2. The summed E-state index contributed by atoms with van der Waals surface area (Å²) in [7, 11) is 0. The molecule has 1 aromatic heterocycles. The van der Waals surface area contributed by atoms with Gasteiger partial charge in [0.2, 0.25) is 0 Å².